The summed E-state index contributed by atoms with van der Waals surface area (Å²) >= 11 is 0. The van der Waals surface area contributed by atoms with Crippen molar-refractivity contribution in [1.29, 1.82) is 0 Å². The van der Waals surface area contributed by atoms with Gasteiger partial charge in [-0.3, -0.25) is 4.79 Å². The van der Waals surface area contributed by atoms with Gasteiger partial charge >= 0.3 is 0 Å². The molecule has 1 aromatic rings. The summed E-state index contributed by atoms with van der Waals surface area (Å²) < 4.78 is 0. The molecule has 1 aliphatic rings. The Morgan fingerprint density at radius 3 is 3.19 bits per heavy atom. The van der Waals surface area contributed by atoms with E-state index >= 15 is 0 Å². The lowest BCUT2D eigenvalue weighted by molar-refractivity contribution is -0.123. The van der Waals surface area contributed by atoms with Crippen LogP contribution in [0.1, 0.15) is 17.2 Å². The van der Waals surface area contributed by atoms with Crippen molar-refractivity contribution in [3.63, 3.8) is 0 Å². The molecule has 3 nitrogen and oxygen atoms in total. The van der Waals surface area contributed by atoms with Crippen LogP contribution in [-0.4, -0.2) is 19.0 Å². The number of amides is 1. The number of nitrogens with one attached hydrogen (secondary N) is 2. The van der Waals surface area contributed by atoms with Crippen molar-refractivity contribution in [3.05, 3.63) is 35.4 Å². The molecule has 1 aromatic carbocycles. The first kappa shape index (κ1) is 10.7. The molecule has 1 heterocycles. The van der Waals surface area contributed by atoms with Gasteiger partial charge in [-0.1, -0.05) is 30.2 Å². The molecule has 3 heteroatoms. The Morgan fingerprint density at radius 2 is 2.38 bits per heavy atom. The number of carbonyl (C=O) groups excluding carboxylic acids is 1. The highest BCUT2D eigenvalue weighted by Crippen LogP contribution is 2.22. The average molecular weight is 214 g/mol. The first-order valence-electron chi connectivity index (χ1n) is 5.35. The van der Waals surface area contributed by atoms with Gasteiger partial charge in [-0.2, -0.15) is 0 Å². The zero-order valence-electron chi connectivity index (χ0n) is 8.99. The average Bonchev–Trinajstić information content (AvgIpc) is 2.35. The van der Waals surface area contributed by atoms with Crippen molar-refractivity contribution < 1.29 is 4.79 Å². The van der Waals surface area contributed by atoms with Crippen LogP contribution in [0.3, 0.4) is 0 Å². The number of terminal acetylenes is 1. The fourth-order valence-corrected chi connectivity index (χ4v) is 1.98. The molecule has 0 aromatic heterocycles. The van der Waals surface area contributed by atoms with Crippen LogP contribution in [0.2, 0.25) is 0 Å². The Kier molecular flexibility index (Phi) is 3.23. The lowest BCUT2D eigenvalue weighted by Crippen LogP contribution is -2.41. The molecule has 0 aliphatic carbocycles. The summed E-state index contributed by atoms with van der Waals surface area (Å²) in [6.07, 6.45) is 6.08. The molecule has 2 N–H and O–H groups in total. The van der Waals surface area contributed by atoms with E-state index in [9.17, 15) is 4.79 Å². The van der Waals surface area contributed by atoms with Gasteiger partial charge in [0.15, 0.2) is 0 Å². The second kappa shape index (κ2) is 4.82. The molecule has 16 heavy (non-hydrogen) atoms. The predicted octanol–water partition coefficient (Wildman–Crippen LogP) is 0.623. The summed E-state index contributed by atoms with van der Waals surface area (Å²) in [5.74, 6) is 2.35. The molecule has 1 aliphatic heterocycles. The molecular weight excluding hydrogens is 200 g/mol. The molecule has 0 spiro atoms. The maximum absolute atomic E-state index is 11.9. The van der Waals surface area contributed by atoms with Crippen LogP contribution >= 0.6 is 0 Å². The summed E-state index contributed by atoms with van der Waals surface area (Å²) in [5, 5.41) is 5.91. The van der Waals surface area contributed by atoms with Crippen LogP contribution in [0.15, 0.2) is 24.3 Å². The highest BCUT2D eigenvalue weighted by Gasteiger charge is 2.24. The van der Waals surface area contributed by atoms with Crippen molar-refractivity contribution in [3.8, 4) is 12.3 Å². The topological polar surface area (TPSA) is 41.1 Å². The fourth-order valence-electron chi connectivity index (χ4n) is 1.98. The van der Waals surface area contributed by atoms with Crippen molar-refractivity contribution in [2.24, 2.45) is 0 Å². The van der Waals surface area contributed by atoms with E-state index in [-0.39, 0.29) is 18.5 Å². The second-order valence-electron chi connectivity index (χ2n) is 3.76. The number of fused-ring (bicyclic) bond motifs is 1. The highest BCUT2D eigenvalue weighted by molar-refractivity contribution is 5.84. The van der Waals surface area contributed by atoms with Gasteiger partial charge in [0.2, 0.25) is 5.91 Å². The molecule has 1 atom stereocenters. The summed E-state index contributed by atoms with van der Waals surface area (Å²) in [4.78, 5) is 11.9. The van der Waals surface area contributed by atoms with E-state index in [0.29, 0.717) is 0 Å². The van der Waals surface area contributed by atoms with E-state index in [0.717, 1.165) is 18.5 Å². The minimum absolute atomic E-state index is 0.0508. The third-order valence-electron chi connectivity index (χ3n) is 2.74. The molecule has 82 valence electrons. The predicted molar refractivity (Wildman–Crippen MR) is 62.7 cm³/mol. The summed E-state index contributed by atoms with van der Waals surface area (Å²) in [5.41, 5.74) is 2.30. The van der Waals surface area contributed by atoms with Crippen LogP contribution in [0.4, 0.5) is 0 Å². The normalized spacial score (nSPS) is 18.3. The first-order chi connectivity index (χ1) is 7.83. The Hall–Kier alpha value is -1.79. The Balaban J connectivity index is 2.19. The number of rotatable bonds is 2. The number of hydrogen-bond donors (Lipinski definition) is 2. The smallest absolute Gasteiger partial charge is 0.242 e. The van der Waals surface area contributed by atoms with Crippen LogP contribution in [0.25, 0.3) is 0 Å². The quantitative estimate of drug-likeness (QED) is 0.709. The molecule has 0 radical (unpaired) electrons. The molecular formula is C13H14N2O. The summed E-state index contributed by atoms with van der Waals surface area (Å²) in [6.45, 7) is 1.10. The van der Waals surface area contributed by atoms with E-state index in [1.807, 2.05) is 18.2 Å². The van der Waals surface area contributed by atoms with Crippen LogP contribution < -0.4 is 10.6 Å². The lowest BCUT2D eigenvalue weighted by Gasteiger charge is -2.25. The molecule has 0 saturated carbocycles. The van der Waals surface area contributed by atoms with Gasteiger partial charge in [0.05, 0.1) is 6.54 Å². The third kappa shape index (κ3) is 2.07. The number of carbonyl (C=O) groups is 1. The van der Waals surface area contributed by atoms with Gasteiger partial charge in [-0.15, -0.1) is 6.42 Å². The standard InChI is InChI=1S/C13H14N2O/c1-2-8-15-13(16)12-11-6-4-3-5-10(11)7-9-14-12/h1,3-6,12,14H,7-9H2,(H,15,16). The second-order valence-corrected chi connectivity index (χ2v) is 3.76. The number of hydrogen-bond acceptors (Lipinski definition) is 2. The van der Waals surface area contributed by atoms with Crippen molar-refractivity contribution >= 4 is 5.91 Å². The van der Waals surface area contributed by atoms with Gasteiger partial charge in [0.1, 0.15) is 6.04 Å². The largest absolute Gasteiger partial charge is 0.344 e. The van der Waals surface area contributed by atoms with Crippen LogP contribution in [0, 0.1) is 12.3 Å². The van der Waals surface area contributed by atoms with Gasteiger partial charge in [0, 0.05) is 6.54 Å². The van der Waals surface area contributed by atoms with Gasteiger partial charge in [0.25, 0.3) is 0 Å². The maximum Gasteiger partial charge on any atom is 0.242 e. The zero-order valence-corrected chi connectivity index (χ0v) is 8.99. The van der Waals surface area contributed by atoms with E-state index < -0.39 is 0 Å². The van der Waals surface area contributed by atoms with E-state index in [2.05, 4.69) is 22.6 Å². The van der Waals surface area contributed by atoms with E-state index in [4.69, 9.17) is 6.42 Å². The van der Waals surface area contributed by atoms with E-state index in [1.165, 1.54) is 5.56 Å². The number of benzene rings is 1. The SMILES string of the molecule is C#CCNC(=O)C1NCCc2ccccc21. The first-order valence-corrected chi connectivity index (χ1v) is 5.35. The highest BCUT2D eigenvalue weighted by atomic mass is 16.2. The van der Waals surface area contributed by atoms with Crippen molar-refractivity contribution in [2.45, 2.75) is 12.5 Å². The molecule has 0 bridgehead atoms. The minimum Gasteiger partial charge on any atom is -0.344 e. The summed E-state index contributed by atoms with van der Waals surface area (Å²) in [6, 6.07) is 7.74. The minimum atomic E-state index is -0.265. The lowest BCUT2D eigenvalue weighted by atomic mass is 9.94. The third-order valence-corrected chi connectivity index (χ3v) is 2.74. The van der Waals surface area contributed by atoms with E-state index in [1.54, 1.807) is 0 Å². The molecule has 1 unspecified atom stereocenters. The molecule has 1 amide bonds. The van der Waals surface area contributed by atoms with Gasteiger partial charge in [-0.25, -0.2) is 0 Å². The van der Waals surface area contributed by atoms with Gasteiger partial charge < -0.3 is 10.6 Å². The van der Waals surface area contributed by atoms with Gasteiger partial charge in [-0.05, 0) is 17.5 Å². The maximum atomic E-state index is 11.9. The monoisotopic (exact) mass is 214 g/mol. The van der Waals surface area contributed by atoms with Crippen molar-refractivity contribution in [1.82, 2.24) is 10.6 Å². The Morgan fingerprint density at radius 1 is 1.56 bits per heavy atom. The summed E-state index contributed by atoms with van der Waals surface area (Å²) in [7, 11) is 0. The zero-order chi connectivity index (χ0) is 11.4. The molecule has 0 saturated heterocycles. The van der Waals surface area contributed by atoms with Crippen molar-refractivity contribution in [2.75, 3.05) is 13.1 Å². The fraction of sp³-hybridized carbons (Fsp3) is 0.308. The molecule has 2 rings (SSSR count). The van der Waals surface area contributed by atoms with Crippen LogP contribution in [0.5, 0.6) is 0 Å². The van der Waals surface area contributed by atoms with Crippen LogP contribution in [-0.2, 0) is 11.2 Å². The molecule has 0 fully saturated rings. The Bertz CT molecular complexity index is 434. The Labute approximate surface area is 95.2 Å².